The molecule has 0 saturated carbocycles. The minimum absolute atomic E-state index is 0.273. The van der Waals surface area contributed by atoms with Gasteiger partial charge in [-0.15, -0.1) is 0 Å². The van der Waals surface area contributed by atoms with E-state index in [0.717, 1.165) is 10.5 Å². The summed E-state index contributed by atoms with van der Waals surface area (Å²) in [5.74, 6) is -0.333. The summed E-state index contributed by atoms with van der Waals surface area (Å²) in [5, 5.41) is 2.49. The smallest absolute Gasteiger partial charge is 0.326 e. The van der Waals surface area contributed by atoms with Crippen LogP contribution in [0.1, 0.15) is 12.5 Å². The number of hydrogen-bond donors (Lipinski definition) is 1. The number of rotatable bonds is 4. The Labute approximate surface area is 99.4 Å². The third kappa shape index (κ3) is 2.45. The van der Waals surface area contributed by atoms with Crippen LogP contribution in [-0.2, 0) is 16.1 Å². The molecule has 1 heterocycles. The predicted octanol–water partition coefficient (Wildman–Crippen LogP) is 1.10. The number of nitrogens with one attached hydrogen (secondary N) is 1. The van der Waals surface area contributed by atoms with E-state index in [0.29, 0.717) is 6.61 Å². The maximum absolute atomic E-state index is 11.8. The lowest BCUT2D eigenvalue weighted by Crippen LogP contribution is -2.32. The summed E-state index contributed by atoms with van der Waals surface area (Å²) >= 11 is 0. The van der Waals surface area contributed by atoms with Crippen LogP contribution in [0.15, 0.2) is 30.3 Å². The monoisotopic (exact) mass is 234 g/mol. The Morgan fingerprint density at radius 1 is 1.29 bits per heavy atom. The van der Waals surface area contributed by atoms with Crippen molar-refractivity contribution in [1.29, 1.82) is 0 Å². The van der Waals surface area contributed by atoms with Crippen LogP contribution in [0, 0.1) is 0 Å². The minimum atomic E-state index is -0.837. The molecule has 1 saturated heterocycles. The highest BCUT2D eigenvalue weighted by molar-refractivity contribution is 6.03. The molecular formula is C12H14N2O3. The van der Waals surface area contributed by atoms with E-state index < -0.39 is 12.3 Å². The first-order valence-electron chi connectivity index (χ1n) is 5.49. The van der Waals surface area contributed by atoms with Gasteiger partial charge in [0, 0.05) is 6.61 Å². The van der Waals surface area contributed by atoms with Crippen molar-refractivity contribution in [2.75, 3.05) is 6.61 Å². The number of hydrogen-bond acceptors (Lipinski definition) is 3. The topological polar surface area (TPSA) is 58.6 Å². The number of nitrogens with zero attached hydrogens (tertiary/aromatic N) is 1. The van der Waals surface area contributed by atoms with Gasteiger partial charge in [0.25, 0.3) is 5.91 Å². The molecule has 0 spiro atoms. The molecule has 1 fully saturated rings. The molecule has 2 rings (SSSR count). The second-order valence-corrected chi connectivity index (χ2v) is 3.69. The molecule has 1 unspecified atom stereocenters. The minimum Gasteiger partial charge on any atom is -0.350 e. The van der Waals surface area contributed by atoms with Gasteiger partial charge in [0.05, 0.1) is 6.54 Å². The number of urea groups is 1. The normalized spacial score (nSPS) is 19.6. The summed E-state index contributed by atoms with van der Waals surface area (Å²) in [6.07, 6.45) is -0.837. The fourth-order valence-corrected chi connectivity index (χ4v) is 1.69. The van der Waals surface area contributed by atoms with Gasteiger partial charge in [-0.3, -0.25) is 9.69 Å². The van der Waals surface area contributed by atoms with Crippen molar-refractivity contribution >= 4 is 11.9 Å². The molecular weight excluding hydrogens is 220 g/mol. The van der Waals surface area contributed by atoms with Gasteiger partial charge in [-0.1, -0.05) is 30.3 Å². The van der Waals surface area contributed by atoms with E-state index in [9.17, 15) is 9.59 Å². The number of amides is 3. The second-order valence-electron chi connectivity index (χ2n) is 3.69. The molecule has 0 aromatic heterocycles. The van der Waals surface area contributed by atoms with Gasteiger partial charge in [-0.05, 0) is 12.5 Å². The van der Waals surface area contributed by atoms with Crippen molar-refractivity contribution in [2.45, 2.75) is 19.7 Å². The van der Waals surface area contributed by atoms with E-state index in [2.05, 4.69) is 5.32 Å². The van der Waals surface area contributed by atoms with E-state index in [4.69, 9.17) is 4.74 Å². The van der Waals surface area contributed by atoms with E-state index in [1.807, 2.05) is 30.3 Å². The lowest BCUT2D eigenvalue weighted by Gasteiger charge is -2.12. The lowest BCUT2D eigenvalue weighted by molar-refractivity contribution is -0.137. The summed E-state index contributed by atoms with van der Waals surface area (Å²) in [7, 11) is 0. The molecule has 1 N–H and O–H groups in total. The van der Waals surface area contributed by atoms with Crippen molar-refractivity contribution in [1.82, 2.24) is 10.2 Å². The van der Waals surface area contributed by atoms with Crippen LogP contribution in [0.3, 0.4) is 0 Å². The van der Waals surface area contributed by atoms with Gasteiger partial charge in [0.1, 0.15) is 0 Å². The maximum atomic E-state index is 11.8. The summed E-state index contributed by atoms with van der Waals surface area (Å²) in [5.41, 5.74) is 0.910. The van der Waals surface area contributed by atoms with Gasteiger partial charge < -0.3 is 10.1 Å². The fourth-order valence-electron chi connectivity index (χ4n) is 1.69. The quantitative estimate of drug-likeness (QED) is 0.794. The Kier molecular flexibility index (Phi) is 3.39. The molecule has 17 heavy (non-hydrogen) atoms. The van der Waals surface area contributed by atoms with E-state index in [-0.39, 0.29) is 12.5 Å². The van der Waals surface area contributed by atoms with Crippen molar-refractivity contribution < 1.29 is 14.3 Å². The molecule has 5 nitrogen and oxygen atoms in total. The Bertz CT molecular complexity index is 419. The first kappa shape index (κ1) is 11.6. The number of benzene rings is 1. The molecule has 5 heteroatoms. The molecule has 3 amide bonds. The van der Waals surface area contributed by atoms with Crippen LogP contribution in [0.2, 0.25) is 0 Å². The number of carbonyl (C=O) groups excluding carboxylic acids is 2. The molecule has 90 valence electrons. The Hall–Kier alpha value is -1.88. The van der Waals surface area contributed by atoms with Crippen LogP contribution in [-0.4, -0.2) is 29.7 Å². The first-order chi connectivity index (χ1) is 8.22. The molecule has 1 aromatic carbocycles. The van der Waals surface area contributed by atoms with Crippen molar-refractivity contribution in [2.24, 2.45) is 0 Å². The number of carbonyl (C=O) groups is 2. The highest BCUT2D eigenvalue weighted by atomic mass is 16.5. The van der Waals surface area contributed by atoms with Crippen molar-refractivity contribution in [3.63, 3.8) is 0 Å². The third-order valence-electron chi connectivity index (χ3n) is 2.51. The molecule has 1 aliphatic rings. The fraction of sp³-hybridized carbons (Fsp3) is 0.333. The van der Waals surface area contributed by atoms with E-state index in [1.54, 1.807) is 6.92 Å². The van der Waals surface area contributed by atoms with Crippen molar-refractivity contribution in [3.05, 3.63) is 35.9 Å². The zero-order valence-corrected chi connectivity index (χ0v) is 9.55. The second kappa shape index (κ2) is 4.97. The van der Waals surface area contributed by atoms with Gasteiger partial charge in [-0.25, -0.2) is 4.79 Å². The highest BCUT2D eigenvalue weighted by Gasteiger charge is 2.38. The highest BCUT2D eigenvalue weighted by Crippen LogP contribution is 2.12. The third-order valence-corrected chi connectivity index (χ3v) is 2.51. The zero-order valence-electron chi connectivity index (χ0n) is 9.55. The Balaban J connectivity index is 2.07. The molecule has 1 aliphatic heterocycles. The molecule has 1 atom stereocenters. The molecule has 0 bridgehead atoms. The average molecular weight is 234 g/mol. The van der Waals surface area contributed by atoms with Crippen molar-refractivity contribution in [3.8, 4) is 0 Å². The van der Waals surface area contributed by atoms with Crippen LogP contribution in [0.4, 0.5) is 4.79 Å². The largest absolute Gasteiger partial charge is 0.350 e. The molecule has 1 aromatic rings. The van der Waals surface area contributed by atoms with Crippen LogP contribution < -0.4 is 5.32 Å². The first-order valence-corrected chi connectivity index (χ1v) is 5.49. The Morgan fingerprint density at radius 3 is 2.65 bits per heavy atom. The molecule has 0 radical (unpaired) electrons. The van der Waals surface area contributed by atoms with Crippen LogP contribution >= 0.6 is 0 Å². The van der Waals surface area contributed by atoms with Crippen LogP contribution in [0.5, 0.6) is 0 Å². The number of ether oxygens (including phenoxy) is 1. The summed E-state index contributed by atoms with van der Waals surface area (Å²) in [6, 6.07) is 8.96. The average Bonchev–Trinajstić information content (AvgIpc) is 2.59. The van der Waals surface area contributed by atoms with Crippen LogP contribution in [0.25, 0.3) is 0 Å². The van der Waals surface area contributed by atoms with Gasteiger partial charge in [0.15, 0.2) is 0 Å². The van der Waals surface area contributed by atoms with Gasteiger partial charge >= 0.3 is 6.03 Å². The summed E-state index contributed by atoms with van der Waals surface area (Å²) in [4.78, 5) is 24.6. The SMILES string of the molecule is CCOC1NC(=O)N(Cc2ccccc2)C1=O. The lowest BCUT2D eigenvalue weighted by atomic mass is 10.2. The van der Waals surface area contributed by atoms with Gasteiger partial charge in [-0.2, -0.15) is 0 Å². The predicted molar refractivity (Wildman–Crippen MR) is 60.9 cm³/mol. The van der Waals surface area contributed by atoms with E-state index >= 15 is 0 Å². The van der Waals surface area contributed by atoms with E-state index in [1.165, 1.54) is 0 Å². The zero-order chi connectivity index (χ0) is 12.3. The summed E-state index contributed by atoms with van der Waals surface area (Å²) < 4.78 is 5.13. The Morgan fingerprint density at radius 2 is 2.00 bits per heavy atom. The molecule has 0 aliphatic carbocycles. The standard InChI is InChI=1S/C12H14N2O3/c1-2-17-10-11(15)14(12(16)13-10)8-9-6-4-3-5-7-9/h3-7,10H,2,8H2,1H3,(H,13,16). The summed E-state index contributed by atoms with van der Waals surface area (Å²) in [6.45, 7) is 2.43. The van der Waals surface area contributed by atoms with Gasteiger partial charge in [0.2, 0.25) is 6.23 Å². The maximum Gasteiger partial charge on any atom is 0.326 e. The number of imide groups is 1.